The fourth-order valence-electron chi connectivity index (χ4n) is 3.84. The van der Waals surface area contributed by atoms with Crippen LogP contribution in [-0.4, -0.2) is 10.8 Å². The molecule has 0 aliphatic heterocycles. The molecule has 4 rings (SSSR count). The summed E-state index contributed by atoms with van der Waals surface area (Å²) < 4.78 is 2.19. The van der Waals surface area contributed by atoms with Gasteiger partial charge in [-0.2, -0.15) is 5.26 Å². The molecule has 0 saturated heterocycles. The molecule has 0 saturated carbocycles. The van der Waals surface area contributed by atoms with Crippen LogP contribution >= 0.6 is 11.3 Å². The molecule has 0 N–H and O–H groups in total. The van der Waals surface area contributed by atoms with Crippen LogP contribution in [0.15, 0.2) is 41.6 Å². The topological polar surface area (TPSA) is 50.3 Å². The molecule has 1 aliphatic rings. The van der Waals surface area contributed by atoms with Crippen LogP contribution in [0, 0.1) is 25.2 Å². The molecule has 0 spiro atoms. The van der Waals surface area contributed by atoms with Crippen molar-refractivity contribution in [2.24, 2.45) is 5.16 Å². The predicted molar refractivity (Wildman–Crippen MR) is 113 cm³/mol. The number of aryl methyl sites for hydroxylation is 2. The van der Waals surface area contributed by atoms with Crippen molar-refractivity contribution in [2.75, 3.05) is 0 Å². The van der Waals surface area contributed by atoms with E-state index in [1.165, 1.54) is 23.3 Å². The van der Waals surface area contributed by atoms with Gasteiger partial charge in [-0.1, -0.05) is 35.5 Å². The Morgan fingerprint density at radius 2 is 2.00 bits per heavy atom. The van der Waals surface area contributed by atoms with Crippen molar-refractivity contribution in [1.29, 1.82) is 5.26 Å². The first-order valence-electron chi connectivity index (χ1n) is 9.62. The first kappa shape index (κ1) is 18.5. The van der Waals surface area contributed by atoms with Gasteiger partial charge in [0.1, 0.15) is 17.7 Å². The van der Waals surface area contributed by atoms with E-state index >= 15 is 0 Å². The highest BCUT2D eigenvalue weighted by Gasteiger charge is 2.23. The van der Waals surface area contributed by atoms with E-state index in [4.69, 9.17) is 4.84 Å². The molecule has 1 aromatic carbocycles. The van der Waals surface area contributed by atoms with Crippen LogP contribution in [-0.2, 0) is 24.3 Å². The van der Waals surface area contributed by atoms with E-state index in [1.807, 2.05) is 30.3 Å². The Hall–Kier alpha value is -2.84. The predicted octanol–water partition coefficient (Wildman–Crippen LogP) is 5.46. The zero-order valence-electron chi connectivity index (χ0n) is 16.2. The van der Waals surface area contributed by atoms with Crippen molar-refractivity contribution >= 4 is 17.6 Å². The number of fused-ring (bicyclic) bond motifs is 1. The van der Waals surface area contributed by atoms with Crippen molar-refractivity contribution < 1.29 is 4.84 Å². The third-order valence-corrected chi connectivity index (χ3v) is 6.56. The summed E-state index contributed by atoms with van der Waals surface area (Å²) in [4.78, 5) is 6.84. The number of oxime groups is 1. The molecule has 28 heavy (non-hydrogen) atoms. The summed E-state index contributed by atoms with van der Waals surface area (Å²) in [6, 6.07) is 14.6. The molecule has 0 atom stereocenters. The quantitative estimate of drug-likeness (QED) is 0.430. The number of nitrogens with zero attached hydrogens (tertiary/aromatic N) is 3. The Morgan fingerprint density at radius 1 is 1.21 bits per heavy atom. The summed E-state index contributed by atoms with van der Waals surface area (Å²) in [5.41, 5.74) is 6.42. The number of aromatic nitrogens is 1. The average Bonchev–Trinajstić information content (AvgIpc) is 3.22. The smallest absolute Gasteiger partial charge is 0.142 e. The van der Waals surface area contributed by atoms with E-state index in [2.05, 4.69) is 35.7 Å². The highest BCUT2D eigenvalue weighted by atomic mass is 32.1. The minimum Gasteiger partial charge on any atom is -0.391 e. The molecule has 3 aromatic rings. The Bertz CT molecular complexity index is 1050. The van der Waals surface area contributed by atoms with E-state index in [0.29, 0.717) is 6.61 Å². The van der Waals surface area contributed by atoms with Crippen molar-refractivity contribution in [3.63, 3.8) is 0 Å². The van der Waals surface area contributed by atoms with Crippen molar-refractivity contribution in [1.82, 2.24) is 4.57 Å². The van der Waals surface area contributed by atoms with Crippen LogP contribution in [0.4, 0.5) is 0 Å². The van der Waals surface area contributed by atoms with Crippen LogP contribution < -0.4 is 0 Å². The largest absolute Gasteiger partial charge is 0.391 e. The van der Waals surface area contributed by atoms with E-state index in [-0.39, 0.29) is 0 Å². The number of rotatable bonds is 5. The van der Waals surface area contributed by atoms with Gasteiger partial charge in [-0.25, -0.2) is 0 Å². The van der Waals surface area contributed by atoms with Gasteiger partial charge in [0, 0.05) is 21.8 Å². The Morgan fingerprint density at radius 3 is 2.79 bits per heavy atom. The molecule has 0 radical (unpaired) electrons. The molecule has 1 aliphatic carbocycles. The standard InChI is InChI=1S/C23H23N3OS/c1-16-12-19(14-25-27-15-18-8-4-3-5-9-18)17(2)26(16)23-21(13-24)20-10-6-7-11-22(20)28-23/h3-5,8-9,12,14H,6-7,10-11,15H2,1-2H3/b25-14-. The van der Waals surface area contributed by atoms with Crippen LogP contribution in [0.25, 0.3) is 5.00 Å². The van der Waals surface area contributed by atoms with E-state index in [1.54, 1.807) is 17.6 Å². The van der Waals surface area contributed by atoms with E-state index in [0.717, 1.165) is 45.9 Å². The van der Waals surface area contributed by atoms with Gasteiger partial charge in [0.2, 0.25) is 0 Å². The molecule has 2 aromatic heterocycles. The maximum absolute atomic E-state index is 9.79. The third-order valence-electron chi connectivity index (χ3n) is 5.28. The first-order valence-corrected chi connectivity index (χ1v) is 10.4. The van der Waals surface area contributed by atoms with Crippen molar-refractivity contribution in [3.8, 4) is 11.1 Å². The minimum atomic E-state index is 0.451. The zero-order chi connectivity index (χ0) is 19.5. The lowest BCUT2D eigenvalue weighted by atomic mass is 9.96. The van der Waals surface area contributed by atoms with Gasteiger partial charge in [-0.15, -0.1) is 11.3 Å². The molecule has 0 unspecified atom stereocenters. The SMILES string of the molecule is Cc1cc(/C=N\OCc2ccccc2)c(C)n1-c1sc2c(c1C#N)CCCC2. The van der Waals surface area contributed by atoms with Gasteiger partial charge < -0.3 is 9.40 Å². The molecule has 5 heteroatoms. The Kier molecular flexibility index (Phi) is 5.31. The second kappa shape index (κ2) is 8.04. The summed E-state index contributed by atoms with van der Waals surface area (Å²) in [5.74, 6) is 0. The first-order chi connectivity index (χ1) is 13.7. The molecule has 142 valence electrons. The fourth-order valence-corrected chi connectivity index (χ4v) is 5.29. The van der Waals surface area contributed by atoms with Crippen LogP contribution in [0.3, 0.4) is 0 Å². The third kappa shape index (κ3) is 3.48. The van der Waals surface area contributed by atoms with Crippen LogP contribution in [0.5, 0.6) is 0 Å². The zero-order valence-corrected chi connectivity index (χ0v) is 17.1. The summed E-state index contributed by atoms with van der Waals surface area (Å²) in [6.07, 6.45) is 6.28. The maximum atomic E-state index is 9.79. The van der Waals surface area contributed by atoms with Gasteiger partial charge >= 0.3 is 0 Å². The number of benzene rings is 1. The summed E-state index contributed by atoms with van der Waals surface area (Å²) in [7, 11) is 0. The normalized spacial score (nSPS) is 13.5. The van der Waals surface area contributed by atoms with E-state index in [9.17, 15) is 5.26 Å². The number of hydrogen-bond acceptors (Lipinski definition) is 4. The lowest BCUT2D eigenvalue weighted by Crippen LogP contribution is -2.02. The molecule has 2 heterocycles. The molecular formula is C23H23N3OS. The highest BCUT2D eigenvalue weighted by molar-refractivity contribution is 7.15. The summed E-state index contributed by atoms with van der Waals surface area (Å²) in [5, 5.41) is 15.0. The van der Waals surface area contributed by atoms with Gasteiger partial charge in [0.15, 0.2) is 0 Å². The van der Waals surface area contributed by atoms with Gasteiger partial charge in [-0.05, 0) is 56.7 Å². The number of thiophene rings is 1. The lowest BCUT2D eigenvalue weighted by Gasteiger charge is -2.10. The second-order valence-corrected chi connectivity index (χ2v) is 8.24. The van der Waals surface area contributed by atoms with Gasteiger partial charge in [0.05, 0.1) is 11.8 Å². The van der Waals surface area contributed by atoms with Gasteiger partial charge in [-0.3, -0.25) is 0 Å². The maximum Gasteiger partial charge on any atom is 0.142 e. The fraction of sp³-hybridized carbons (Fsp3) is 0.304. The lowest BCUT2D eigenvalue weighted by molar-refractivity contribution is 0.132. The average molecular weight is 390 g/mol. The van der Waals surface area contributed by atoms with Crippen molar-refractivity contribution in [3.05, 3.63) is 74.9 Å². The molecule has 0 amide bonds. The number of hydrogen-bond donors (Lipinski definition) is 0. The molecule has 4 nitrogen and oxygen atoms in total. The second-order valence-electron chi connectivity index (χ2n) is 7.16. The monoisotopic (exact) mass is 389 g/mol. The Balaban J connectivity index is 1.59. The molecule has 0 fully saturated rings. The summed E-state index contributed by atoms with van der Waals surface area (Å²) in [6.45, 7) is 4.60. The summed E-state index contributed by atoms with van der Waals surface area (Å²) >= 11 is 1.77. The van der Waals surface area contributed by atoms with Crippen molar-refractivity contribution in [2.45, 2.75) is 46.1 Å². The van der Waals surface area contributed by atoms with Crippen LogP contribution in [0.2, 0.25) is 0 Å². The molecule has 0 bridgehead atoms. The highest BCUT2D eigenvalue weighted by Crippen LogP contribution is 2.38. The minimum absolute atomic E-state index is 0.451. The van der Waals surface area contributed by atoms with Gasteiger partial charge in [0.25, 0.3) is 0 Å². The molecular weight excluding hydrogens is 366 g/mol. The van der Waals surface area contributed by atoms with Crippen LogP contribution in [0.1, 0.15) is 51.4 Å². The van der Waals surface area contributed by atoms with E-state index < -0.39 is 0 Å². The number of nitriles is 1. The Labute approximate surface area is 169 Å².